The fraction of sp³-hybridized carbons (Fsp3) is 0.700. The zero-order chi connectivity index (χ0) is 18.1. The molecule has 1 aromatic rings. The van der Waals surface area contributed by atoms with Crippen LogP contribution < -0.4 is 10.6 Å². The minimum absolute atomic E-state index is 0.00261. The topological polar surface area (TPSA) is 74.6 Å². The molecule has 3 atom stereocenters. The molecule has 2 amide bonds. The Balaban J connectivity index is 1.26. The van der Waals surface area contributed by atoms with E-state index in [1.54, 1.807) is 13.0 Å². The van der Waals surface area contributed by atoms with Gasteiger partial charge in [0.15, 0.2) is 0 Å². The van der Waals surface area contributed by atoms with Crippen LogP contribution in [0.1, 0.15) is 61.1 Å². The summed E-state index contributed by atoms with van der Waals surface area (Å²) in [5.74, 6) is 1.51. The van der Waals surface area contributed by atoms with Gasteiger partial charge in [0.2, 0.25) is 5.91 Å². The van der Waals surface area contributed by atoms with Crippen molar-refractivity contribution in [2.24, 2.45) is 5.92 Å². The van der Waals surface area contributed by atoms with E-state index in [-0.39, 0.29) is 23.9 Å². The van der Waals surface area contributed by atoms with Crippen LogP contribution in [0, 0.1) is 12.8 Å². The van der Waals surface area contributed by atoms with Gasteiger partial charge in [0.25, 0.3) is 5.91 Å². The van der Waals surface area contributed by atoms with Gasteiger partial charge in [0, 0.05) is 25.2 Å². The van der Waals surface area contributed by atoms with Gasteiger partial charge in [0.1, 0.15) is 5.76 Å². The third-order valence-electron chi connectivity index (χ3n) is 6.41. The Morgan fingerprint density at radius 3 is 2.65 bits per heavy atom. The number of likely N-dealkylation sites (tertiary alicyclic amines) is 1. The van der Waals surface area contributed by atoms with Crippen LogP contribution in [0.2, 0.25) is 0 Å². The van der Waals surface area contributed by atoms with E-state index in [1.807, 2.05) is 4.90 Å². The second kappa shape index (κ2) is 7.43. The molecule has 3 heterocycles. The summed E-state index contributed by atoms with van der Waals surface area (Å²) >= 11 is 0. The molecule has 1 aliphatic carbocycles. The van der Waals surface area contributed by atoms with Crippen LogP contribution in [0.4, 0.5) is 0 Å². The Kier molecular flexibility index (Phi) is 5.02. The number of nitrogens with zero attached hydrogens (tertiary/aromatic N) is 1. The maximum atomic E-state index is 12.9. The van der Waals surface area contributed by atoms with Gasteiger partial charge >= 0.3 is 0 Å². The lowest BCUT2D eigenvalue weighted by atomic mass is 9.85. The molecule has 1 saturated carbocycles. The van der Waals surface area contributed by atoms with Gasteiger partial charge in [-0.05, 0) is 51.0 Å². The summed E-state index contributed by atoms with van der Waals surface area (Å²) in [6.45, 7) is 3.24. The van der Waals surface area contributed by atoms with Gasteiger partial charge in [-0.25, -0.2) is 0 Å². The molecule has 0 spiro atoms. The Morgan fingerprint density at radius 1 is 1.19 bits per heavy atom. The van der Waals surface area contributed by atoms with E-state index >= 15 is 0 Å². The molecule has 0 radical (unpaired) electrons. The largest absolute Gasteiger partial charge is 0.469 e. The second-order valence-corrected chi connectivity index (χ2v) is 8.07. The van der Waals surface area contributed by atoms with Crippen LogP contribution in [0.25, 0.3) is 0 Å². The van der Waals surface area contributed by atoms with E-state index in [4.69, 9.17) is 4.42 Å². The maximum Gasteiger partial charge on any atom is 0.255 e. The summed E-state index contributed by atoms with van der Waals surface area (Å²) in [6.07, 6.45) is 9.25. The monoisotopic (exact) mass is 359 g/mol. The molecule has 6 nitrogen and oxygen atoms in total. The van der Waals surface area contributed by atoms with Gasteiger partial charge in [0.05, 0.1) is 17.9 Å². The average Bonchev–Trinajstić information content (AvgIpc) is 3.27. The van der Waals surface area contributed by atoms with Crippen molar-refractivity contribution in [3.8, 4) is 0 Å². The highest BCUT2D eigenvalue weighted by Crippen LogP contribution is 2.34. The molecule has 3 unspecified atom stereocenters. The number of hydrogen-bond acceptors (Lipinski definition) is 4. The molecule has 4 rings (SSSR count). The standard InChI is InChI=1S/C20H29N3O3/c1-13-16(8-11-26-13)19(24)21-15-6-9-23(10-7-15)20(25)18-12-14-4-2-3-5-17(14)22-18/h8,11,14-15,17-18,22H,2-7,9-10,12H2,1H3,(H,21,24). The van der Waals surface area contributed by atoms with Crippen LogP contribution in [0.5, 0.6) is 0 Å². The van der Waals surface area contributed by atoms with Crippen LogP contribution in [0.3, 0.4) is 0 Å². The van der Waals surface area contributed by atoms with Crippen molar-refractivity contribution in [2.45, 2.75) is 70.0 Å². The van der Waals surface area contributed by atoms with E-state index < -0.39 is 0 Å². The van der Waals surface area contributed by atoms with Crippen molar-refractivity contribution >= 4 is 11.8 Å². The highest BCUT2D eigenvalue weighted by Gasteiger charge is 2.40. The summed E-state index contributed by atoms with van der Waals surface area (Å²) < 4.78 is 5.20. The van der Waals surface area contributed by atoms with Gasteiger partial charge in [-0.15, -0.1) is 0 Å². The SMILES string of the molecule is Cc1occc1C(=O)NC1CCN(C(=O)C2CC3CCCCC3N2)CC1. The zero-order valence-electron chi connectivity index (χ0n) is 15.5. The number of rotatable bonds is 3. The van der Waals surface area contributed by atoms with Gasteiger partial charge in [-0.1, -0.05) is 12.8 Å². The number of aryl methyl sites for hydroxylation is 1. The summed E-state index contributed by atoms with van der Waals surface area (Å²) in [4.78, 5) is 27.2. The minimum Gasteiger partial charge on any atom is -0.469 e. The summed E-state index contributed by atoms with van der Waals surface area (Å²) in [5.41, 5.74) is 0.598. The molecular formula is C20H29N3O3. The quantitative estimate of drug-likeness (QED) is 0.868. The van der Waals surface area contributed by atoms with E-state index in [1.165, 1.54) is 31.9 Å². The van der Waals surface area contributed by atoms with Gasteiger partial charge in [-0.3, -0.25) is 9.59 Å². The number of hydrogen-bond donors (Lipinski definition) is 2. The molecule has 6 heteroatoms. The smallest absolute Gasteiger partial charge is 0.255 e. The number of nitrogens with one attached hydrogen (secondary N) is 2. The molecule has 2 aliphatic heterocycles. The molecule has 3 aliphatic rings. The van der Waals surface area contributed by atoms with Crippen molar-refractivity contribution in [1.29, 1.82) is 0 Å². The maximum absolute atomic E-state index is 12.9. The number of fused-ring (bicyclic) bond motifs is 1. The molecule has 1 aromatic heterocycles. The molecule has 2 saturated heterocycles. The van der Waals surface area contributed by atoms with Crippen LogP contribution in [0.15, 0.2) is 16.7 Å². The number of carbonyl (C=O) groups is 2. The summed E-state index contributed by atoms with van der Waals surface area (Å²) in [5, 5.41) is 6.67. The fourth-order valence-electron chi connectivity index (χ4n) is 4.86. The first-order chi connectivity index (χ1) is 12.6. The first-order valence-corrected chi connectivity index (χ1v) is 10.0. The van der Waals surface area contributed by atoms with E-state index in [0.717, 1.165) is 32.4 Å². The number of piperidine rings is 1. The van der Waals surface area contributed by atoms with Gasteiger partial charge in [-0.2, -0.15) is 0 Å². The van der Waals surface area contributed by atoms with Crippen molar-refractivity contribution in [2.75, 3.05) is 13.1 Å². The first-order valence-electron chi connectivity index (χ1n) is 10.0. The second-order valence-electron chi connectivity index (χ2n) is 8.07. The molecule has 0 aromatic carbocycles. The third kappa shape index (κ3) is 3.52. The normalized spacial score (nSPS) is 29.4. The van der Waals surface area contributed by atoms with Crippen LogP contribution in [-0.2, 0) is 4.79 Å². The van der Waals surface area contributed by atoms with E-state index in [2.05, 4.69) is 10.6 Å². The molecule has 2 N–H and O–H groups in total. The van der Waals surface area contributed by atoms with E-state index in [9.17, 15) is 9.59 Å². The van der Waals surface area contributed by atoms with Crippen LogP contribution >= 0.6 is 0 Å². The van der Waals surface area contributed by atoms with E-state index in [0.29, 0.717) is 23.3 Å². The van der Waals surface area contributed by atoms with Crippen LogP contribution in [-0.4, -0.2) is 47.9 Å². The van der Waals surface area contributed by atoms with Crippen molar-refractivity contribution in [1.82, 2.24) is 15.5 Å². The lowest BCUT2D eigenvalue weighted by molar-refractivity contribution is -0.134. The first kappa shape index (κ1) is 17.6. The highest BCUT2D eigenvalue weighted by atomic mass is 16.3. The predicted molar refractivity (Wildman–Crippen MR) is 97.8 cm³/mol. The molecule has 3 fully saturated rings. The summed E-state index contributed by atoms with van der Waals surface area (Å²) in [6, 6.07) is 2.38. The molecule has 26 heavy (non-hydrogen) atoms. The number of carbonyl (C=O) groups excluding carboxylic acids is 2. The lowest BCUT2D eigenvalue weighted by Crippen LogP contribution is -2.51. The Labute approximate surface area is 154 Å². The number of amides is 2. The predicted octanol–water partition coefficient (Wildman–Crippen LogP) is 2.23. The average molecular weight is 359 g/mol. The molecular weight excluding hydrogens is 330 g/mol. The Hall–Kier alpha value is -1.82. The van der Waals surface area contributed by atoms with Crippen molar-refractivity contribution in [3.05, 3.63) is 23.7 Å². The lowest BCUT2D eigenvalue weighted by Gasteiger charge is -2.34. The summed E-state index contributed by atoms with van der Waals surface area (Å²) in [7, 11) is 0. The zero-order valence-corrected chi connectivity index (χ0v) is 15.5. The van der Waals surface area contributed by atoms with Gasteiger partial charge < -0.3 is 20.0 Å². The molecule has 142 valence electrons. The minimum atomic E-state index is -0.0810. The highest BCUT2D eigenvalue weighted by molar-refractivity contribution is 5.95. The fourth-order valence-corrected chi connectivity index (χ4v) is 4.86. The van der Waals surface area contributed by atoms with Crippen molar-refractivity contribution < 1.29 is 14.0 Å². The number of furan rings is 1. The Bertz CT molecular complexity index is 649. The Morgan fingerprint density at radius 2 is 1.96 bits per heavy atom. The molecule has 0 bridgehead atoms. The third-order valence-corrected chi connectivity index (χ3v) is 6.41. The van der Waals surface area contributed by atoms with Crippen molar-refractivity contribution in [3.63, 3.8) is 0 Å².